The molecule has 0 saturated carbocycles. The van der Waals surface area contributed by atoms with Crippen molar-refractivity contribution in [2.75, 3.05) is 13.7 Å². The summed E-state index contributed by atoms with van der Waals surface area (Å²) >= 11 is 12.2. The zero-order valence-corrected chi connectivity index (χ0v) is 24.2. The van der Waals surface area contributed by atoms with Gasteiger partial charge >= 0.3 is 5.69 Å². The smallest absolute Gasteiger partial charge is 0.333 e. The summed E-state index contributed by atoms with van der Waals surface area (Å²) in [5.74, 6) is 0.415. The minimum Gasteiger partial charge on any atom is -0.497 e. The number of carbonyl (C=O) groups is 2. The zero-order chi connectivity index (χ0) is 29.5. The molecule has 0 radical (unpaired) electrons. The number of methoxy groups -OCH3 is 1. The standard InChI is InChI=1S/C30H25Cl2N5O5/c1-17-34-24-13-18(3-10-26(24)42-17)15-33-28(38)27-25-16-35(29(39)19-4-9-22(31)23(32)14-19)11-12-36(25)30(40)37(27)20-5-7-21(41-2)8-6-20/h3-10,13-14H,11-12,15-16H2,1-2H3,(H,33,38). The number of oxazole rings is 1. The van der Waals surface area contributed by atoms with E-state index in [0.717, 1.165) is 5.56 Å². The molecule has 6 rings (SSSR count). The molecule has 0 spiro atoms. The molecule has 0 aliphatic carbocycles. The van der Waals surface area contributed by atoms with Gasteiger partial charge in [0.25, 0.3) is 11.8 Å². The van der Waals surface area contributed by atoms with Crippen molar-refractivity contribution in [1.29, 1.82) is 0 Å². The summed E-state index contributed by atoms with van der Waals surface area (Å²) in [5.41, 5.74) is 3.21. The van der Waals surface area contributed by atoms with Gasteiger partial charge in [0, 0.05) is 32.1 Å². The Morgan fingerprint density at radius 3 is 2.55 bits per heavy atom. The van der Waals surface area contributed by atoms with Crippen LogP contribution in [-0.2, 0) is 19.6 Å². The lowest BCUT2D eigenvalue weighted by molar-refractivity contribution is 0.0706. The molecule has 0 fully saturated rings. The first-order valence-corrected chi connectivity index (χ1v) is 13.9. The maximum absolute atomic E-state index is 13.8. The van der Waals surface area contributed by atoms with E-state index in [4.69, 9.17) is 32.4 Å². The fourth-order valence-corrected chi connectivity index (χ4v) is 5.41. The summed E-state index contributed by atoms with van der Waals surface area (Å²) < 4.78 is 13.7. The molecule has 1 aliphatic rings. The van der Waals surface area contributed by atoms with Crippen LogP contribution in [0.25, 0.3) is 16.8 Å². The number of rotatable bonds is 6. The third-order valence-electron chi connectivity index (χ3n) is 7.19. The Labute approximate surface area is 250 Å². The minimum atomic E-state index is -0.461. The topological polar surface area (TPSA) is 112 Å². The number of benzene rings is 3. The molecule has 214 valence electrons. The molecule has 3 aromatic carbocycles. The summed E-state index contributed by atoms with van der Waals surface area (Å²) in [7, 11) is 1.55. The maximum atomic E-state index is 13.8. The molecular weight excluding hydrogens is 581 g/mol. The van der Waals surface area contributed by atoms with E-state index in [2.05, 4.69) is 10.3 Å². The van der Waals surface area contributed by atoms with Gasteiger partial charge in [0.05, 0.1) is 35.1 Å². The van der Waals surface area contributed by atoms with Crippen LogP contribution in [0.2, 0.25) is 10.0 Å². The van der Waals surface area contributed by atoms with Crippen LogP contribution in [0, 0.1) is 6.92 Å². The maximum Gasteiger partial charge on any atom is 0.333 e. The third kappa shape index (κ3) is 5.03. The van der Waals surface area contributed by atoms with E-state index in [0.29, 0.717) is 44.7 Å². The molecule has 1 N–H and O–H groups in total. The number of aryl methyl sites for hydroxylation is 1. The van der Waals surface area contributed by atoms with Gasteiger partial charge in [-0.25, -0.2) is 9.78 Å². The summed E-state index contributed by atoms with van der Waals surface area (Å²) in [4.78, 5) is 46.9. The number of aromatic nitrogens is 3. The Kier molecular flexibility index (Phi) is 7.26. The highest BCUT2D eigenvalue weighted by atomic mass is 35.5. The Hall–Kier alpha value is -4.54. The summed E-state index contributed by atoms with van der Waals surface area (Å²) in [5, 5.41) is 3.55. The van der Waals surface area contributed by atoms with Crippen LogP contribution >= 0.6 is 23.2 Å². The van der Waals surface area contributed by atoms with Crippen LogP contribution in [-0.4, -0.2) is 44.5 Å². The van der Waals surface area contributed by atoms with Gasteiger partial charge in [-0.2, -0.15) is 0 Å². The lowest BCUT2D eigenvalue weighted by atomic mass is 10.1. The van der Waals surface area contributed by atoms with Crippen molar-refractivity contribution in [1.82, 2.24) is 24.3 Å². The number of nitrogens with zero attached hydrogens (tertiary/aromatic N) is 4. The zero-order valence-electron chi connectivity index (χ0n) is 22.7. The van der Waals surface area contributed by atoms with Crippen molar-refractivity contribution in [3.8, 4) is 11.4 Å². The van der Waals surface area contributed by atoms with Crippen LogP contribution in [0.5, 0.6) is 5.75 Å². The number of hydrogen-bond donors (Lipinski definition) is 1. The van der Waals surface area contributed by atoms with Crippen LogP contribution < -0.4 is 15.7 Å². The van der Waals surface area contributed by atoms with Crippen LogP contribution in [0.4, 0.5) is 0 Å². The van der Waals surface area contributed by atoms with Crippen molar-refractivity contribution in [3.05, 3.63) is 110 Å². The van der Waals surface area contributed by atoms with E-state index >= 15 is 0 Å². The minimum absolute atomic E-state index is 0.0460. The second-order valence-electron chi connectivity index (χ2n) is 9.84. The average molecular weight is 606 g/mol. The molecular formula is C30H25Cl2N5O5. The van der Waals surface area contributed by atoms with E-state index in [9.17, 15) is 14.4 Å². The molecule has 5 aromatic rings. The van der Waals surface area contributed by atoms with E-state index in [1.54, 1.807) is 66.0 Å². The highest BCUT2D eigenvalue weighted by Gasteiger charge is 2.32. The lowest BCUT2D eigenvalue weighted by Crippen LogP contribution is -2.41. The Balaban J connectivity index is 1.36. The van der Waals surface area contributed by atoms with Crippen molar-refractivity contribution < 1.29 is 18.7 Å². The molecule has 2 amide bonds. The summed E-state index contributed by atoms with van der Waals surface area (Å²) in [6.07, 6.45) is 0. The van der Waals surface area contributed by atoms with Crippen molar-refractivity contribution in [2.24, 2.45) is 0 Å². The lowest BCUT2D eigenvalue weighted by Gasteiger charge is -2.28. The first-order chi connectivity index (χ1) is 20.2. The van der Waals surface area contributed by atoms with Gasteiger partial charge in [0.2, 0.25) is 0 Å². The molecule has 3 heterocycles. The van der Waals surface area contributed by atoms with Crippen molar-refractivity contribution >= 4 is 46.1 Å². The molecule has 2 aromatic heterocycles. The molecule has 12 heteroatoms. The summed E-state index contributed by atoms with van der Waals surface area (Å²) in [6, 6.07) is 17.0. The summed E-state index contributed by atoms with van der Waals surface area (Å²) in [6.45, 7) is 2.49. The van der Waals surface area contributed by atoms with Gasteiger partial charge in [-0.3, -0.25) is 18.7 Å². The van der Waals surface area contributed by atoms with Gasteiger partial charge in [-0.1, -0.05) is 29.3 Å². The molecule has 0 atom stereocenters. The van der Waals surface area contributed by atoms with Gasteiger partial charge in [0.1, 0.15) is 17.0 Å². The van der Waals surface area contributed by atoms with Gasteiger partial charge in [-0.05, 0) is 60.2 Å². The number of amides is 2. The predicted molar refractivity (Wildman–Crippen MR) is 158 cm³/mol. The fraction of sp³-hybridized carbons (Fsp3) is 0.200. The van der Waals surface area contributed by atoms with Crippen LogP contribution in [0.3, 0.4) is 0 Å². The highest BCUT2D eigenvalue weighted by Crippen LogP contribution is 2.26. The highest BCUT2D eigenvalue weighted by molar-refractivity contribution is 6.42. The molecule has 0 unspecified atom stereocenters. The first-order valence-electron chi connectivity index (χ1n) is 13.1. The SMILES string of the molecule is COc1ccc(-n2c(C(=O)NCc3ccc4oc(C)nc4c3)c3n(c2=O)CCN(C(=O)c2ccc(Cl)c(Cl)c2)C3)cc1. The predicted octanol–water partition coefficient (Wildman–Crippen LogP) is 4.99. The molecule has 1 aliphatic heterocycles. The van der Waals surface area contributed by atoms with Crippen molar-refractivity contribution in [2.45, 2.75) is 26.6 Å². The fourth-order valence-electron chi connectivity index (χ4n) is 5.11. The van der Waals surface area contributed by atoms with E-state index in [-0.39, 0.29) is 48.5 Å². The number of halogens is 2. The molecule has 0 saturated heterocycles. The Morgan fingerprint density at radius 2 is 1.81 bits per heavy atom. The number of fused-ring (bicyclic) bond motifs is 2. The van der Waals surface area contributed by atoms with Crippen LogP contribution in [0.1, 0.15) is 38.0 Å². The second-order valence-corrected chi connectivity index (χ2v) is 10.7. The Morgan fingerprint density at radius 1 is 1.02 bits per heavy atom. The molecule has 42 heavy (non-hydrogen) atoms. The Bertz CT molecular complexity index is 1910. The molecule has 0 bridgehead atoms. The quantitative estimate of drug-likeness (QED) is 0.292. The number of carbonyl (C=O) groups excluding carboxylic acids is 2. The number of imidazole rings is 1. The average Bonchev–Trinajstić information content (AvgIpc) is 3.52. The van der Waals surface area contributed by atoms with E-state index in [1.807, 2.05) is 12.1 Å². The number of nitrogens with one attached hydrogen (secondary N) is 1. The van der Waals surface area contributed by atoms with Gasteiger partial charge in [-0.15, -0.1) is 0 Å². The first kappa shape index (κ1) is 27.6. The monoisotopic (exact) mass is 605 g/mol. The third-order valence-corrected chi connectivity index (χ3v) is 7.93. The number of hydrogen-bond acceptors (Lipinski definition) is 6. The largest absolute Gasteiger partial charge is 0.497 e. The van der Waals surface area contributed by atoms with Crippen molar-refractivity contribution in [3.63, 3.8) is 0 Å². The van der Waals surface area contributed by atoms with Crippen LogP contribution in [0.15, 0.2) is 69.9 Å². The normalized spacial score (nSPS) is 12.8. The van der Waals surface area contributed by atoms with Gasteiger partial charge < -0.3 is 19.4 Å². The van der Waals surface area contributed by atoms with Gasteiger partial charge in [0.15, 0.2) is 11.5 Å². The second kappa shape index (κ2) is 11.0. The molecule has 10 nitrogen and oxygen atoms in total. The number of ether oxygens (including phenoxy) is 1. The van der Waals surface area contributed by atoms with E-state index < -0.39 is 5.91 Å². The van der Waals surface area contributed by atoms with E-state index in [1.165, 1.54) is 10.6 Å².